The normalized spacial score (nSPS) is 16.2. The fourth-order valence-electron chi connectivity index (χ4n) is 4.25. The minimum absolute atomic E-state index is 0.267. The summed E-state index contributed by atoms with van der Waals surface area (Å²) in [4.78, 5) is 32.3. The van der Waals surface area contributed by atoms with Crippen LogP contribution in [0.5, 0.6) is 0 Å². The van der Waals surface area contributed by atoms with Crippen molar-refractivity contribution in [2.45, 2.75) is 57.8 Å². The number of amides is 2. The van der Waals surface area contributed by atoms with Crippen molar-refractivity contribution in [3.05, 3.63) is 44.4 Å². The standard InChI is InChI=1S/C22H25N5O2S/c1-12-19-15(11-16(13-8-9-13)23-20(19)27(2)26-12)21(28)24-25-22(29)18-10-14-6-4-3-5-7-17(14)30-18/h10-11,13H,3-9H2,1-2H3,(H,24,28)(H,25,29). The van der Waals surface area contributed by atoms with Crippen LogP contribution in [0.2, 0.25) is 0 Å². The number of hydrogen-bond donors (Lipinski definition) is 2. The minimum atomic E-state index is -0.341. The van der Waals surface area contributed by atoms with Crippen LogP contribution in [-0.4, -0.2) is 26.6 Å². The Morgan fingerprint density at radius 2 is 1.87 bits per heavy atom. The van der Waals surface area contributed by atoms with E-state index in [4.69, 9.17) is 4.98 Å². The van der Waals surface area contributed by atoms with Gasteiger partial charge in [-0.2, -0.15) is 5.10 Å². The lowest BCUT2D eigenvalue weighted by Crippen LogP contribution is -2.41. The van der Waals surface area contributed by atoms with E-state index >= 15 is 0 Å². The van der Waals surface area contributed by atoms with Crippen LogP contribution in [0.15, 0.2) is 12.1 Å². The summed E-state index contributed by atoms with van der Waals surface area (Å²) < 4.78 is 1.71. The first-order valence-corrected chi connectivity index (χ1v) is 11.4. The molecule has 0 spiro atoms. The number of fused-ring (bicyclic) bond motifs is 2. The second kappa shape index (κ2) is 7.50. The number of carbonyl (C=O) groups excluding carboxylic acids is 2. The van der Waals surface area contributed by atoms with Crippen LogP contribution in [0.4, 0.5) is 0 Å². The third kappa shape index (κ3) is 3.49. The Balaban J connectivity index is 1.37. The first-order valence-electron chi connectivity index (χ1n) is 10.6. The van der Waals surface area contributed by atoms with Gasteiger partial charge >= 0.3 is 0 Å². The number of pyridine rings is 1. The summed E-state index contributed by atoms with van der Waals surface area (Å²) in [6, 6.07) is 3.83. The van der Waals surface area contributed by atoms with Crippen molar-refractivity contribution in [1.29, 1.82) is 0 Å². The maximum atomic E-state index is 13.0. The molecule has 5 rings (SSSR count). The van der Waals surface area contributed by atoms with E-state index in [1.807, 2.05) is 26.1 Å². The van der Waals surface area contributed by atoms with Gasteiger partial charge in [0.25, 0.3) is 11.8 Å². The van der Waals surface area contributed by atoms with E-state index in [9.17, 15) is 9.59 Å². The Bertz CT molecular complexity index is 1130. The zero-order chi connectivity index (χ0) is 20.8. The van der Waals surface area contributed by atoms with E-state index in [0.29, 0.717) is 22.0 Å². The van der Waals surface area contributed by atoms with Crippen molar-refractivity contribution in [3.8, 4) is 0 Å². The van der Waals surface area contributed by atoms with Crippen LogP contribution in [0.25, 0.3) is 11.0 Å². The molecule has 2 aliphatic rings. The highest BCUT2D eigenvalue weighted by Gasteiger charge is 2.28. The van der Waals surface area contributed by atoms with E-state index in [2.05, 4.69) is 16.0 Å². The van der Waals surface area contributed by atoms with Gasteiger partial charge in [0.15, 0.2) is 5.65 Å². The average molecular weight is 424 g/mol. The monoisotopic (exact) mass is 423 g/mol. The first kappa shape index (κ1) is 19.2. The largest absolute Gasteiger partial charge is 0.279 e. The molecular weight excluding hydrogens is 398 g/mol. The van der Waals surface area contributed by atoms with Crippen molar-refractivity contribution in [3.63, 3.8) is 0 Å². The number of aromatic nitrogens is 3. The molecule has 2 aliphatic carbocycles. The summed E-state index contributed by atoms with van der Waals surface area (Å²) in [5.41, 5.74) is 9.38. The van der Waals surface area contributed by atoms with Gasteiger partial charge in [0.2, 0.25) is 0 Å². The second-order valence-electron chi connectivity index (χ2n) is 8.30. The van der Waals surface area contributed by atoms with E-state index in [-0.39, 0.29) is 11.8 Å². The summed E-state index contributed by atoms with van der Waals surface area (Å²) in [6.45, 7) is 1.87. The molecule has 3 heterocycles. The SMILES string of the molecule is Cc1nn(C)c2nc(C3CC3)cc(C(=O)NNC(=O)c3cc4c(s3)CCCCC4)c12. The van der Waals surface area contributed by atoms with Gasteiger partial charge in [-0.05, 0) is 63.1 Å². The topological polar surface area (TPSA) is 88.9 Å². The van der Waals surface area contributed by atoms with E-state index < -0.39 is 0 Å². The highest BCUT2D eigenvalue weighted by atomic mass is 32.1. The number of hydrazine groups is 1. The molecule has 0 unspecified atom stereocenters. The predicted octanol–water partition coefficient (Wildman–Crippen LogP) is 3.56. The zero-order valence-electron chi connectivity index (χ0n) is 17.2. The molecule has 0 bridgehead atoms. The molecule has 0 aliphatic heterocycles. The van der Waals surface area contributed by atoms with Crippen molar-refractivity contribution >= 4 is 34.2 Å². The van der Waals surface area contributed by atoms with Gasteiger partial charge in [-0.15, -0.1) is 11.3 Å². The quantitative estimate of drug-likeness (QED) is 0.498. The van der Waals surface area contributed by atoms with Crippen LogP contribution < -0.4 is 10.9 Å². The Morgan fingerprint density at radius 1 is 1.10 bits per heavy atom. The minimum Gasteiger partial charge on any atom is -0.267 e. The van der Waals surface area contributed by atoms with Gasteiger partial charge < -0.3 is 0 Å². The van der Waals surface area contributed by atoms with E-state index in [1.54, 1.807) is 16.0 Å². The lowest BCUT2D eigenvalue weighted by Gasteiger charge is -2.09. The molecule has 3 aromatic heterocycles. The number of carbonyl (C=O) groups is 2. The van der Waals surface area contributed by atoms with Gasteiger partial charge in [0.05, 0.1) is 21.5 Å². The number of thiophene rings is 1. The molecule has 3 aromatic rings. The highest BCUT2D eigenvalue weighted by molar-refractivity contribution is 7.14. The van der Waals surface area contributed by atoms with Gasteiger partial charge in [0, 0.05) is 23.5 Å². The molecule has 0 saturated heterocycles. The summed E-state index contributed by atoms with van der Waals surface area (Å²) in [6.07, 6.45) is 7.86. The van der Waals surface area contributed by atoms with Crippen LogP contribution in [0.1, 0.15) is 79.9 Å². The Morgan fingerprint density at radius 3 is 2.67 bits per heavy atom. The number of nitrogens with zero attached hydrogens (tertiary/aromatic N) is 3. The molecule has 2 N–H and O–H groups in total. The molecule has 1 fully saturated rings. The van der Waals surface area contributed by atoms with Crippen molar-refractivity contribution in [2.24, 2.45) is 7.05 Å². The number of rotatable bonds is 3. The number of nitrogens with one attached hydrogen (secondary N) is 2. The molecule has 0 atom stereocenters. The summed E-state index contributed by atoms with van der Waals surface area (Å²) in [7, 11) is 1.84. The lowest BCUT2D eigenvalue weighted by atomic mass is 10.1. The van der Waals surface area contributed by atoms with Gasteiger partial charge in [0.1, 0.15) is 0 Å². The Labute approximate surface area is 178 Å². The maximum Gasteiger partial charge on any atom is 0.279 e. The number of hydrogen-bond acceptors (Lipinski definition) is 5. The highest BCUT2D eigenvalue weighted by Crippen LogP contribution is 2.40. The predicted molar refractivity (Wildman–Crippen MR) is 116 cm³/mol. The average Bonchev–Trinajstić information content (AvgIpc) is 3.49. The molecule has 8 heteroatoms. The molecule has 30 heavy (non-hydrogen) atoms. The molecule has 2 amide bonds. The first-order chi connectivity index (χ1) is 14.5. The third-order valence-electron chi connectivity index (χ3n) is 5.99. The zero-order valence-corrected chi connectivity index (χ0v) is 18.1. The third-order valence-corrected chi connectivity index (χ3v) is 7.22. The fourth-order valence-corrected chi connectivity index (χ4v) is 5.40. The van der Waals surface area contributed by atoms with Crippen molar-refractivity contribution < 1.29 is 9.59 Å². The molecule has 7 nitrogen and oxygen atoms in total. The molecule has 0 aromatic carbocycles. The maximum absolute atomic E-state index is 13.0. The van der Waals surface area contributed by atoms with Crippen molar-refractivity contribution in [2.75, 3.05) is 0 Å². The Kier molecular flexibility index (Phi) is 4.81. The van der Waals surface area contributed by atoms with Crippen LogP contribution in [0.3, 0.4) is 0 Å². The molecule has 0 radical (unpaired) electrons. The summed E-state index contributed by atoms with van der Waals surface area (Å²) in [5.74, 6) is -0.198. The van der Waals surface area contributed by atoms with Gasteiger partial charge in [-0.1, -0.05) is 6.42 Å². The smallest absolute Gasteiger partial charge is 0.267 e. The van der Waals surface area contributed by atoms with Gasteiger partial charge in [-0.25, -0.2) is 4.98 Å². The Hall–Kier alpha value is -2.74. The second-order valence-corrected chi connectivity index (χ2v) is 9.44. The summed E-state index contributed by atoms with van der Waals surface area (Å²) in [5, 5.41) is 5.16. The van der Waals surface area contributed by atoms with E-state index in [0.717, 1.165) is 42.5 Å². The lowest BCUT2D eigenvalue weighted by molar-refractivity contribution is 0.0849. The fraction of sp³-hybridized carbons (Fsp3) is 0.455. The van der Waals surface area contributed by atoms with E-state index in [1.165, 1.54) is 29.7 Å². The summed E-state index contributed by atoms with van der Waals surface area (Å²) >= 11 is 1.54. The van der Waals surface area contributed by atoms with Crippen molar-refractivity contribution in [1.82, 2.24) is 25.6 Å². The van der Waals surface area contributed by atoms with Crippen LogP contribution >= 0.6 is 11.3 Å². The van der Waals surface area contributed by atoms with Crippen LogP contribution in [-0.2, 0) is 19.9 Å². The molecule has 1 saturated carbocycles. The van der Waals surface area contributed by atoms with Crippen LogP contribution in [0, 0.1) is 6.92 Å². The molecule has 156 valence electrons. The van der Waals surface area contributed by atoms with Gasteiger partial charge in [-0.3, -0.25) is 25.1 Å². The molecular formula is C22H25N5O2S. The number of aryl methyl sites for hydroxylation is 4.